The number of carbonyl (C=O) groups excluding carboxylic acids is 2. The molecule has 1 saturated heterocycles. The number of aryl methyl sites for hydroxylation is 1. The van der Waals surface area contributed by atoms with Gasteiger partial charge in [-0.2, -0.15) is 0 Å². The van der Waals surface area contributed by atoms with Gasteiger partial charge in [-0.1, -0.05) is 12.1 Å². The highest BCUT2D eigenvalue weighted by Crippen LogP contribution is 2.43. The lowest BCUT2D eigenvalue weighted by Gasteiger charge is -2.26. The van der Waals surface area contributed by atoms with Gasteiger partial charge in [0.1, 0.15) is 17.3 Å². The minimum Gasteiger partial charge on any atom is -0.507 e. The number of amides is 1. The van der Waals surface area contributed by atoms with E-state index in [9.17, 15) is 14.7 Å². The molecule has 39 heavy (non-hydrogen) atoms. The van der Waals surface area contributed by atoms with Crippen LogP contribution in [0, 0.1) is 6.92 Å². The first-order chi connectivity index (χ1) is 18.5. The van der Waals surface area contributed by atoms with Crippen LogP contribution in [0.3, 0.4) is 0 Å². The van der Waals surface area contributed by atoms with Crippen molar-refractivity contribution in [2.75, 3.05) is 23.9 Å². The van der Waals surface area contributed by atoms with Gasteiger partial charge in [-0.05, 0) is 100 Å². The monoisotopic (exact) mass is 528 g/mol. The van der Waals surface area contributed by atoms with E-state index in [1.807, 2.05) is 102 Å². The predicted octanol–water partition coefficient (Wildman–Crippen LogP) is 6.26. The molecule has 1 unspecified atom stereocenters. The van der Waals surface area contributed by atoms with E-state index in [-0.39, 0.29) is 23.5 Å². The van der Waals surface area contributed by atoms with Gasteiger partial charge in [-0.25, -0.2) is 0 Å². The average molecular weight is 529 g/mol. The van der Waals surface area contributed by atoms with E-state index < -0.39 is 17.7 Å². The van der Waals surface area contributed by atoms with Crippen LogP contribution in [0.25, 0.3) is 5.76 Å². The lowest BCUT2D eigenvalue weighted by atomic mass is 9.94. The van der Waals surface area contributed by atoms with Crippen molar-refractivity contribution in [1.82, 2.24) is 0 Å². The van der Waals surface area contributed by atoms with Crippen molar-refractivity contribution >= 4 is 28.8 Å². The lowest BCUT2D eigenvalue weighted by molar-refractivity contribution is -0.132. The van der Waals surface area contributed by atoms with Gasteiger partial charge in [0.25, 0.3) is 11.7 Å². The molecule has 0 spiro atoms. The number of benzene rings is 3. The highest BCUT2D eigenvalue weighted by Gasteiger charge is 2.47. The minimum absolute atomic E-state index is 0.00677. The molecule has 0 radical (unpaired) electrons. The summed E-state index contributed by atoms with van der Waals surface area (Å²) in [6, 6.07) is 19.1. The molecular weight excluding hydrogens is 492 g/mol. The van der Waals surface area contributed by atoms with Crippen molar-refractivity contribution in [3.8, 4) is 11.5 Å². The highest BCUT2D eigenvalue weighted by molar-refractivity contribution is 6.51. The average Bonchev–Trinajstić information content (AvgIpc) is 3.14. The quantitative estimate of drug-likeness (QED) is 0.211. The Bertz CT molecular complexity index is 1410. The van der Waals surface area contributed by atoms with E-state index in [4.69, 9.17) is 9.47 Å². The molecule has 1 atom stereocenters. The van der Waals surface area contributed by atoms with E-state index in [1.165, 1.54) is 4.90 Å². The van der Waals surface area contributed by atoms with Gasteiger partial charge in [0.15, 0.2) is 0 Å². The zero-order valence-electron chi connectivity index (χ0n) is 23.6. The molecule has 3 aromatic rings. The largest absolute Gasteiger partial charge is 0.507 e. The third-order valence-corrected chi connectivity index (χ3v) is 6.45. The summed E-state index contributed by atoms with van der Waals surface area (Å²) in [5, 5.41) is 11.5. The summed E-state index contributed by atoms with van der Waals surface area (Å²) in [5.74, 6) is -0.379. The van der Waals surface area contributed by atoms with Crippen LogP contribution >= 0.6 is 0 Å². The van der Waals surface area contributed by atoms with Crippen LogP contribution in [-0.4, -0.2) is 43.1 Å². The van der Waals surface area contributed by atoms with Crippen molar-refractivity contribution < 1.29 is 24.2 Å². The van der Waals surface area contributed by atoms with Gasteiger partial charge in [-0.3, -0.25) is 14.5 Å². The number of rotatable bonds is 8. The van der Waals surface area contributed by atoms with Crippen molar-refractivity contribution in [2.24, 2.45) is 0 Å². The summed E-state index contributed by atoms with van der Waals surface area (Å²) in [5.41, 5.74) is 3.43. The Labute approximate surface area is 230 Å². The van der Waals surface area contributed by atoms with Gasteiger partial charge >= 0.3 is 0 Å². The fourth-order valence-electron chi connectivity index (χ4n) is 4.69. The van der Waals surface area contributed by atoms with E-state index in [1.54, 1.807) is 18.2 Å². The molecule has 0 bridgehead atoms. The topological polar surface area (TPSA) is 79.3 Å². The van der Waals surface area contributed by atoms with E-state index in [2.05, 4.69) is 0 Å². The number of ether oxygens (including phenoxy) is 2. The Morgan fingerprint density at radius 2 is 1.56 bits per heavy atom. The molecule has 204 valence electrons. The van der Waals surface area contributed by atoms with Crippen LogP contribution in [0.4, 0.5) is 11.4 Å². The van der Waals surface area contributed by atoms with Crippen LogP contribution in [0.15, 0.2) is 72.3 Å². The minimum atomic E-state index is -0.849. The molecule has 0 aromatic heterocycles. The van der Waals surface area contributed by atoms with Crippen LogP contribution in [0.2, 0.25) is 0 Å². The van der Waals surface area contributed by atoms with Gasteiger partial charge in [-0.15, -0.1) is 0 Å². The van der Waals surface area contributed by atoms with Crippen molar-refractivity contribution in [3.05, 3.63) is 89.0 Å². The number of aliphatic hydroxyl groups is 1. The van der Waals surface area contributed by atoms with Gasteiger partial charge in [0, 0.05) is 31.0 Å². The highest BCUT2D eigenvalue weighted by atomic mass is 16.5. The van der Waals surface area contributed by atoms with E-state index in [0.29, 0.717) is 28.3 Å². The molecule has 3 aromatic carbocycles. The number of carbonyl (C=O) groups is 2. The van der Waals surface area contributed by atoms with E-state index >= 15 is 0 Å². The fraction of sp³-hybridized carbons (Fsp3) is 0.312. The molecule has 1 heterocycles. The van der Waals surface area contributed by atoms with Gasteiger partial charge < -0.3 is 19.5 Å². The molecule has 0 saturated carbocycles. The molecule has 1 N–H and O–H groups in total. The van der Waals surface area contributed by atoms with Crippen LogP contribution in [-0.2, 0) is 9.59 Å². The maximum atomic E-state index is 13.5. The first kappa shape index (κ1) is 27.8. The standard InChI is InChI=1S/C32H36N2O5/c1-19(2)38-26-10-8-9-22(18-26)29-28(30(35)23-11-16-27(21(5)17-23)39-20(3)4)31(36)32(37)34(29)25-14-12-24(13-15-25)33(6)7/h8-20,29,35H,1-7H3/b30-28+. The number of hydrogen-bond donors (Lipinski definition) is 1. The summed E-state index contributed by atoms with van der Waals surface area (Å²) in [4.78, 5) is 30.5. The number of ketones is 1. The second-order valence-electron chi connectivity index (χ2n) is 10.5. The Kier molecular flexibility index (Phi) is 8.00. The Morgan fingerprint density at radius 1 is 0.897 bits per heavy atom. The summed E-state index contributed by atoms with van der Waals surface area (Å²) < 4.78 is 11.7. The van der Waals surface area contributed by atoms with Crippen LogP contribution in [0.5, 0.6) is 11.5 Å². The van der Waals surface area contributed by atoms with E-state index in [0.717, 1.165) is 11.3 Å². The molecule has 4 rings (SSSR count). The maximum Gasteiger partial charge on any atom is 0.300 e. The Hall–Kier alpha value is -4.26. The molecule has 1 aliphatic heterocycles. The number of Topliss-reactive ketones (excluding diaryl/α,β-unsaturated/α-hetero) is 1. The van der Waals surface area contributed by atoms with Crippen LogP contribution in [0.1, 0.15) is 50.4 Å². The first-order valence-electron chi connectivity index (χ1n) is 13.1. The second kappa shape index (κ2) is 11.2. The number of anilines is 2. The molecule has 7 heteroatoms. The molecule has 0 aliphatic carbocycles. The van der Waals surface area contributed by atoms with Gasteiger partial charge in [0.05, 0.1) is 23.8 Å². The molecule has 1 aliphatic rings. The summed E-state index contributed by atoms with van der Waals surface area (Å²) in [6.07, 6.45) is -0.0626. The summed E-state index contributed by atoms with van der Waals surface area (Å²) in [7, 11) is 3.86. The molecule has 1 fully saturated rings. The second-order valence-corrected chi connectivity index (χ2v) is 10.5. The molecule has 1 amide bonds. The summed E-state index contributed by atoms with van der Waals surface area (Å²) >= 11 is 0. The van der Waals surface area contributed by atoms with Crippen molar-refractivity contribution in [3.63, 3.8) is 0 Å². The first-order valence-corrected chi connectivity index (χ1v) is 13.1. The maximum absolute atomic E-state index is 13.5. The fourth-order valence-corrected chi connectivity index (χ4v) is 4.69. The Balaban J connectivity index is 1.89. The Morgan fingerprint density at radius 3 is 2.15 bits per heavy atom. The number of aliphatic hydroxyl groups excluding tert-OH is 1. The lowest BCUT2D eigenvalue weighted by Crippen LogP contribution is -2.29. The predicted molar refractivity (Wildman–Crippen MR) is 155 cm³/mol. The number of hydrogen-bond acceptors (Lipinski definition) is 6. The smallest absolute Gasteiger partial charge is 0.300 e. The normalized spacial score (nSPS) is 16.7. The zero-order chi connectivity index (χ0) is 28.4. The zero-order valence-corrected chi connectivity index (χ0v) is 23.6. The molecular formula is C32H36N2O5. The molecule has 7 nitrogen and oxygen atoms in total. The third-order valence-electron chi connectivity index (χ3n) is 6.45. The summed E-state index contributed by atoms with van der Waals surface area (Å²) in [6.45, 7) is 9.62. The number of nitrogens with zero attached hydrogens (tertiary/aromatic N) is 2. The van der Waals surface area contributed by atoms with Crippen molar-refractivity contribution in [1.29, 1.82) is 0 Å². The van der Waals surface area contributed by atoms with Crippen LogP contribution < -0.4 is 19.3 Å². The van der Waals surface area contributed by atoms with Gasteiger partial charge in [0.2, 0.25) is 0 Å². The third kappa shape index (κ3) is 5.77. The SMILES string of the molecule is Cc1cc(/C(O)=C2\C(=O)C(=O)N(c3ccc(N(C)C)cc3)C2c2cccc(OC(C)C)c2)ccc1OC(C)C. The van der Waals surface area contributed by atoms with Crippen molar-refractivity contribution in [2.45, 2.75) is 52.9 Å².